The fourth-order valence-corrected chi connectivity index (χ4v) is 2.35. The molecule has 0 aliphatic heterocycles. The quantitative estimate of drug-likeness (QED) is 0.150. The van der Waals surface area contributed by atoms with Gasteiger partial charge in [-0.3, -0.25) is 4.79 Å². The molecular weight excluding hydrogens is 370 g/mol. The van der Waals surface area contributed by atoms with E-state index in [0.29, 0.717) is 13.0 Å². The third kappa shape index (κ3) is 23.9. The van der Waals surface area contributed by atoms with Crippen LogP contribution in [0.25, 0.3) is 0 Å². The third-order valence-electron chi connectivity index (χ3n) is 4.14. The van der Waals surface area contributed by atoms with Crippen LogP contribution in [0, 0.1) is 0 Å². The maximum Gasteiger partial charge on any atom is 0.306 e. The number of carbonyl (C=O) groups excluding carboxylic acids is 1. The molecule has 0 unspecified atom stereocenters. The van der Waals surface area contributed by atoms with Gasteiger partial charge < -0.3 is 9.22 Å². The average molecular weight is 415 g/mol. The Morgan fingerprint density at radius 1 is 0.667 bits per heavy atom. The molecule has 0 aliphatic rings. The number of likely N-dealkylation sites (N-methyl/N-ethyl adjacent to an activating group) is 1. The largest absolute Gasteiger partial charge is 0.460 e. The molecule has 3 heteroatoms. The minimum absolute atomic E-state index is 0.108. The minimum atomic E-state index is -0.108. The minimum Gasteiger partial charge on any atom is -0.460 e. The van der Waals surface area contributed by atoms with E-state index in [1.807, 2.05) is 0 Å². The van der Waals surface area contributed by atoms with Crippen molar-refractivity contribution < 1.29 is 14.0 Å². The van der Waals surface area contributed by atoms with Crippen LogP contribution < -0.4 is 0 Å². The van der Waals surface area contributed by atoms with Gasteiger partial charge in [-0.15, -0.1) is 0 Å². The second-order valence-electron chi connectivity index (χ2n) is 8.19. The molecule has 0 aromatic carbocycles. The monoisotopic (exact) mass is 414 g/mol. The highest BCUT2D eigenvalue weighted by molar-refractivity contribution is 5.69. The Morgan fingerprint density at radius 2 is 1.07 bits per heavy atom. The molecule has 168 valence electrons. The van der Waals surface area contributed by atoms with Crippen molar-refractivity contribution in [3.8, 4) is 0 Å². The van der Waals surface area contributed by atoms with E-state index in [0.717, 1.165) is 56.0 Å². The molecule has 0 saturated carbocycles. The molecule has 0 atom stereocenters. The Hall–Kier alpha value is -2.13. The molecular formula is C27H44NO2+. The Bertz CT molecular complexity index is 586. The lowest BCUT2D eigenvalue weighted by atomic mass is 10.2. The summed E-state index contributed by atoms with van der Waals surface area (Å²) in [6.07, 6.45) is 33.4. The molecule has 30 heavy (non-hydrogen) atoms. The smallest absolute Gasteiger partial charge is 0.306 e. The molecule has 0 heterocycles. The van der Waals surface area contributed by atoms with Crippen molar-refractivity contribution in [1.82, 2.24) is 0 Å². The number of hydrogen-bond acceptors (Lipinski definition) is 2. The van der Waals surface area contributed by atoms with E-state index in [1.54, 1.807) is 0 Å². The predicted octanol–water partition coefficient (Wildman–Crippen LogP) is 6.71. The second kappa shape index (κ2) is 20.2. The van der Waals surface area contributed by atoms with Crippen LogP contribution >= 0.6 is 0 Å². The molecule has 3 nitrogen and oxygen atoms in total. The maximum atomic E-state index is 11.6. The van der Waals surface area contributed by atoms with Gasteiger partial charge in [-0.1, -0.05) is 79.8 Å². The molecule has 0 spiro atoms. The second-order valence-corrected chi connectivity index (χ2v) is 8.19. The lowest BCUT2D eigenvalue weighted by Gasteiger charge is -2.23. The van der Waals surface area contributed by atoms with Gasteiger partial charge in [0.2, 0.25) is 0 Å². The molecule has 0 fully saturated rings. The SMILES string of the molecule is CC/C=C/C/C=C/C/C=C/C/C=C/C/C=C/C/C=C/CCC(=O)OCC[N+](C)(C)C. The van der Waals surface area contributed by atoms with Crippen molar-refractivity contribution >= 4 is 5.97 Å². The van der Waals surface area contributed by atoms with Crippen molar-refractivity contribution in [2.45, 2.75) is 58.3 Å². The number of hydrogen-bond donors (Lipinski definition) is 0. The summed E-state index contributed by atoms with van der Waals surface area (Å²) in [5, 5.41) is 0. The highest BCUT2D eigenvalue weighted by atomic mass is 16.5. The van der Waals surface area contributed by atoms with Crippen LogP contribution in [-0.4, -0.2) is 44.7 Å². The number of allylic oxidation sites excluding steroid dienone is 12. The maximum absolute atomic E-state index is 11.6. The number of esters is 1. The Morgan fingerprint density at radius 3 is 1.47 bits per heavy atom. The number of quaternary nitrogens is 1. The first-order chi connectivity index (χ1) is 14.5. The number of carbonyl (C=O) groups is 1. The van der Waals surface area contributed by atoms with Crippen molar-refractivity contribution in [3.05, 3.63) is 72.9 Å². The van der Waals surface area contributed by atoms with Gasteiger partial charge in [0.15, 0.2) is 0 Å². The van der Waals surface area contributed by atoms with Gasteiger partial charge in [-0.25, -0.2) is 0 Å². The summed E-state index contributed by atoms with van der Waals surface area (Å²) in [4.78, 5) is 11.6. The standard InChI is InChI=1S/C27H44NO2/c1-5-6-7-8-9-10-11-12-13-14-15-16-17-18-19-20-21-22-23-24-27(29)30-26-25-28(2,3)4/h6-7,9-10,12-13,15-16,18-19,21-22H,5,8,11,14,17,20,23-26H2,1-4H3/q+1/b7-6+,10-9+,13-12+,16-15+,19-18+,22-21+. The lowest BCUT2D eigenvalue weighted by molar-refractivity contribution is -0.870. The van der Waals surface area contributed by atoms with Gasteiger partial charge in [0.05, 0.1) is 21.1 Å². The molecule has 0 N–H and O–H groups in total. The summed E-state index contributed by atoms with van der Waals surface area (Å²) < 4.78 is 6.04. The molecule has 0 amide bonds. The van der Waals surface area contributed by atoms with E-state index >= 15 is 0 Å². The van der Waals surface area contributed by atoms with Crippen LogP contribution in [-0.2, 0) is 9.53 Å². The van der Waals surface area contributed by atoms with Gasteiger partial charge in [-0.05, 0) is 44.9 Å². The van der Waals surface area contributed by atoms with Crippen LogP contribution in [0.1, 0.15) is 58.3 Å². The number of ether oxygens (including phenoxy) is 1. The van der Waals surface area contributed by atoms with Crippen molar-refractivity contribution in [1.29, 1.82) is 0 Å². The van der Waals surface area contributed by atoms with Crippen molar-refractivity contribution in [2.75, 3.05) is 34.3 Å². The zero-order chi connectivity index (χ0) is 22.3. The molecule has 0 aromatic rings. The number of nitrogens with zero attached hydrogens (tertiary/aromatic N) is 1. The van der Waals surface area contributed by atoms with E-state index in [4.69, 9.17) is 4.74 Å². The first kappa shape index (κ1) is 27.9. The highest BCUT2D eigenvalue weighted by Crippen LogP contribution is 1.99. The summed E-state index contributed by atoms with van der Waals surface area (Å²) in [5.41, 5.74) is 0. The van der Waals surface area contributed by atoms with Gasteiger partial charge in [0.1, 0.15) is 13.2 Å². The Labute approximate surface area is 185 Å². The summed E-state index contributed by atoms with van der Waals surface area (Å²) in [7, 11) is 6.27. The van der Waals surface area contributed by atoms with Gasteiger partial charge >= 0.3 is 5.97 Å². The van der Waals surface area contributed by atoms with E-state index in [9.17, 15) is 4.79 Å². The summed E-state index contributed by atoms with van der Waals surface area (Å²) >= 11 is 0. The summed E-state index contributed by atoms with van der Waals surface area (Å²) in [6, 6.07) is 0. The molecule has 0 bridgehead atoms. The van der Waals surface area contributed by atoms with Gasteiger partial charge in [-0.2, -0.15) is 0 Å². The van der Waals surface area contributed by atoms with E-state index in [2.05, 4.69) is 101 Å². The van der Waals surface area contributed by atoms with Crippen molar-refractivity contribution in [3.63, 3.8) is 0 Å². The first-order valence-corrected chi connectivity index (χ1v) is 11.3. The van der Waals surface area contributed by atoms with E-state index in [1.165, 1.54) is 0 Å². The molecule has 0 aromatic heterocycles. The van der Waals surface area contributed by atoms with E-state index < -0.39 is 0 Å². The zero-order valence-corrected chi connectivity index (χ0v) is 19.8. The number of rotatable bonds is 17. The summed E-state index contributed by atoms with van der Waals surface area (Å²) in [6.45, 7) is 3.49. The van der Waals surface area contributed by atoms with Gasteiger partial charge in [0.25, 0.3) is 0 Å². The zero-order valence-electron chi connectivity index (χ0n) is 19.8. The highest BCUT2D eigenvalue weighted by Gasteiger charge is 2.08. The van der Waals surface area contributed by atoms with Crippen LogP contribution in [0.4, 0.5) is 0 Å². The fourth-order valence-electron chi connectivity index (χ4n) is 2.35. The average Bonchev–Trinajstić information content (AvgIpc) is 2.68. The van der Waals surface area contributed by atoms with Crippen LogP contribution in [0.2, 0.25) is 0 Å². The van der Waals surface area contributed by atoms with Crippen LogP contribution in [0.15, 0.2) is 72.9 Å². The van der Waals surface area contributed by atoms with Crippen LogP contribution in [0.5, 0.6) is 0 Å². The Kier molecular flexibility index (Phi) is 18.7. The normalized spacial score (nSPS) is 13.3. The molecule has 0 radical (unpaired) electrons. The first-order valence-electron chi connectivity index (χ1n) is 11.3. The Balaban J connectivity index is 3.60. The molecule has 0 rings (SSSR count). The summed E-state index contributed by atoms with van der Waals surface area (Å²) in [5.74, 6) is -0.108. The fraction of sp³-hybridized carbons (Fsp3) is 0.519. The molecule has 0 saturated heterocycles. The van der Waals surface area contributed by atoms with Crippen molar-refractivity contribution in [2.24, 2.45) is 0 Å². The van der Waals surface area contributed by atoms with Gasteiger partial charge in [0, 0.05) is 6.42 Å². The lowest BCUT2D eigenvalue weighted by Crippen LogP contribution is -2.37. The molecule has 0 aliphatic carbocycles. The van der Waals surface area contributed by atoms with Crippen LogP contribution in [0.3, 0.4) is 0 Å². The predicted molar refractivity (Wildman–Crippen MR) is 131 cm³/mol. The third-order valence-corrected chi connectivity index (χ3v) is 4.14. The topological polar surface area (TPSA) is 26.3 Å². The van der Waals surface area contributed by atoms with E-state index in [-0.39, 0.29) is 5.97 Å².